The maximum Gasteiger partial charge on any atom is 0.407 e. The van der Waals surface area contributed by atoms with Crippen LogP contribution in [0, 0.1) is 0 Å². The number of hydrogen-bond acceptors (Lipinski definition) is 5. The predicted octanol–water partition coefficient (Wildman–Crippen LogP) is 7.46. The molecule has 0 bridgehead atoms. The van der Waals surface area contributed by atoms with Crippen molar-refractivity contribution in [3.63, 3.8) is 0 Å². The summed E-state index contributed by atoms with van der Waals surface area (Å²) in [7, 11) is -1.18. The number of nitrogens with zero attached hydrogens (tertiary/aromatic N) is 2. The molecular formula is C26H40BrN3O3SSi. The summed E-state index contributed by atoms with van der Waals surface area (Å²) in [5.41, 5.74) is 2.48. The standard InChI is InChI=1S/C26H40BrN3O3SSi/c1-19(9-8-14-28-25(31)33-26(2,3)4)23(34)24-29-17-22(20-10-12-21(27)13-11-20)30(24)18-32-15-16-35(5,6)7/h10-13,17,23,34H,1,8-9,14-16,18H2,2-7H3,(H,28,31)/t23-/m0/s1. The van der Waals surface area contributed by atoms with Gasteiger partial charge in [-0.1, -0.05) is 59.9 Å². The molecule has 1 amide bonds. The first-order valence-corrected chi connectivity index (χ1v) is 17.0. The van der Waals surface area contributed by atoms with E-state index in [1.807, 2.05) is 39.1 Å². The molecule has 1 N–H and O–H groups in total. The van der Waals surface area contributed by atoms with Crippen molar-refractivity contribution in [1.29, 1.82) is 0 Å². The summed E-state index contributed by atoms with van der Waals surface area (Å²) in [6, 6.07) is 9.27. The Balaban J connectivity index is 2.07. The van der Waals surface area contributed by atoms with Crippen molar-refractivity contribution in [2.75, 3.05) is 13.2 Å². The average molecular weight is 583 g/mol. The van der Waals surface area contributed by atoms with Crippen LogP contribution in [0.4, 0.5) is 4.79 Å². The van der Waals surface area contributed by atoms with Gasteiger partial charge < -0.3 is 19.4 Å². The fourth-order valence-electron chi connectivity index (χ4n) is 3.27. The zero-order valence-electron chi connectivity index (χ0n) is 21.9. The van der Waals surface area contributed by atoms with Crippen LogP contribution in [-0.4, -0.2) is 42.5 Å². The molecule has 1 atom stereocenters. The molecule has 9 heteroatoms. The number of hydrogen-bond donors (Lipinski definition) is 2. The van der Waals surface area contributed by atoms with Crippen LogP contribution in [0.25, 0.3) is 11.3 Å². The second kappa shape index (κ2) is 13.1. The molecule has 0 fully saturated rings. The molecule has 194 valence electrons. The monoisotopic (exact) mass is 581 g/mol. The summed E-state index contributed by atoms with van der Waals surface area (Å²) in [4.78, 5) is 16.6. The molecule has 0 aliphatic heterocycles. The Kier molecular flexibility index (Phi) is 11.1. The van der Waals surface area contributed by atoms with Gasteiger partial charge in [0.1, 0.15) is 18.2 Å². The van der Waals surface area contributed by atoms with Crippen molar-refractivity contribution in [2.45, 2.75) is 76.9 Å². The number of carbonyl (C=O) groups excluding carboxylic acids is 1. The molecule has 0 saturated heterocycles. The van der Waals surface area contributed by atoms with Crippen LogP contribution in [0.2, 0.25) is 25.7 Å². The number of nitrogens with one attached hydrogen (secondary N) is 1. The summed E-state index contributed by atoms with van der Waals surface area (Å²) in [6.45, 7) is 18.5. The SMILES string of the molecule is C=C(CCCNC(=O)OC(C)(C)C)[C@H](S)c1ncc(-c2ccc(Br)cc2)n1COCC[Si](C)(C)C. The van der Waals surface area contributed by atoms with E-state index in [1.165, 1.54) is 0 Å². The number of carbonyl (C=O) groups is 1. The highest BCUT2D eigenvalue weighted by atomic mass is 79.9. The van der Waals surface area contributed by atoms with E-state index in [2.05, 4.69) is 64.2 Å². The highest BCUT2D eigenvalue weighted by molar-refractivity contribution is 9.10. The summed E-state index contributed by atoms with van der Waals surface area (Å²) in [5, 5.41) is 2.54. The van der Waals surface area contributed by atoms with Gasteiger partial charge in [-0.25, -0.2) is 9.78 Å². The van der Waals surface area contributed by atoms with Crippen molar-refractivity contribution in [1.82, 2.24) is 14.9 Å². The van der Waals surface area contributed by atoms with Crippen LogP contribution in [-0.2, 0) is 16.2 Å². The normalized spacial score (nSPS) is 12.9. The molecule has 0 aliphatic carbocycles. The second-order valence-electron chi connectivity index (χ2n) is 10.9. The summed E-state index contributed by atoms with van der Waals surface area (Å²) >= 11 is 8.37. The highest BCUT2D eigenvalue weighted by Gasteiger charge is 2.21. The van der Waals surface area contributed by atoms with Crippen molar-refractivity contribution in [2.24, 2.45) is 0 Å². The molecule has 0 aliphatic rings. The Labute approximate surface area is 225 Å². The Hall–Kier alpha value is -1.55. The average Bonchev–Trinajstić information content (AvgIpc) is 3.16. The molecule has 0 spiro atoms. The first kappa shape index (κ1) is 29.7. The lowest BCUT2D eigenvalue weighted by atomic mass is 10.1. The smallest absolute Gasteiger partial charge is 0.407 e. The highest BCUT2D eigenvalue weighted by Crippen LogP contribution is 2.33. The fraction of sp³-hybridized carbons (Fsp3) is 0.538. The molecule has 0 unspecified atom stereocenters. The maximum absolute atomic E-state index is 11.9. The van der Waals surface area contributed by atoms with E-state index in [0.717, 1.165) is 46.2 Å². The zero-order valence-corrected chi connectivity index (χ0v) is 25.3. The van der Waals surface area contributed by atoms with Gasteiger partial charge in [0, 0.05) is 25.7 Å². The van der Waals surface area contributed by atoms with Gasteiger partial charge in [-0.05, 0) is 57.4 Å². The first-order chi connectivity index (χ1) is 16.3. The topological polar surface area (TPSA) is 65.4 Å². The van der Waals surface area contributed by atoms with Crippen molar-refractivity contribution < 1.29 is 14.3 Å². The third-order valence-corrected chi connectivity index (χ3v) is 8.05. The van der Waals surface area contributed by atoms with Gasteiger partial charge in [0.2, 0.25) is 0 Å². The van der Waals surface area contributed by atoms with Gasteiger partial charge in [0.15, 0.2) is 0 Å². The van der Waals surface area contributed by atoms with Crippen molar-refractivity contribution in [3.8, 4) is 11.3 Å². The lowest BCUT2D eigenvalue weighted by Gasteiger charge is -2.20. The Morgan fingerprint density at radius 2 is 1.91 bits per heavy atom. The number of benzene rings is 1. The number of rotatable bonds is 12. The van der Waals surface area contributed by atoms with Gasteiger partial charge in [-0.15, -0.1) is 0 Å². The molecular weight excluding hydrogens is 542 g/mol. The molecule has 1 heterocycles. The van der Waals surface area contributed by atoms with Crippen LogP contribution >= 0.6 is 28.6 Å². The van der Waals surface area contributed by atoms with E-state index in [-0.39, 0.29) is 5.25 Å². The molecule has 35 heavy (non-hydrogen) atoms. The lowest BCUT2D eigenvalue weighted by Crippen LogP contribution is -2.33. The predicted molar refractivity (Wildman–Crippen MR) is 154 cm³/mol. The maximum atomic E-state index is 11.9. The van der Waals surface area contributed by atoms with Crippen LogP contribution < -0.4 is 5.32 Å². The number of aromatic nitrogens is 2. The number of halogens is 1. The number of thiol groups is 1. The van der Waals surface area contributed by atoms with E-state index in [1.54, 1.807) is 0 Å². The molecule has 6 nitrogen and oxygen atoms in total. The molecule has 1 aromatic heterocycles. The van der Waals surface area contributed by atoms with Crippen molar-refractivity contribution >= 4 is 42.7 Å². The van der Waals surface area contributed by atoms with Gasteiger partial charge >= 0.3 is 6.09 Å². The quantitative estimate of drug-likeness (QED) is 0.118. The third-order valence-electron chi connectivity index (χ3n) is 5.22. The van der Waals surface area contributed by atoms with E-state index in [4.69, 9.17) is 27.1 Å². The number of ether oxygens (including phenoxy) is 2. The Morgan fingerprint density at radius 1 is 1.26 bits per heavy atom. The second-order valence-corrected chi connectivity index (χ2v) is 17.9. The zero-order chi connectivity index (χ0) is 26.2. The van der Waals surface area contributed by atoms with Crippen LogP contribution in [0.5, 0.6) is 0 Å². The third kappa shape index (κ3) is 10.5. The molecule has 0 saturated carbocycles. The number of imidazole rings is 1. The van der Waals surface area contributed by atoms with Crippen LogP contribution in [0.15, 0.2) is 47.1 Å². The van der Waals surface area contributed by atoms with Crippen LogP contribution in [0.1, 0.15) is 44.7 Å². The van der Waals surface area contributed by atoms with Gasteiger partial charge in [-0.3, -0.25) is 0 Å². The van der Waals surface area contributed by atoms with Crippen molar-refractivity contribution in [3.05, 3.63) is 52.9 Å². The minimum Gasteiger partial charge on any atom is -0.444 e. The van der Waals surface area contributed by atoms with Gasteiger partial charge in [0.25, 0.3) is 0 Å². The van der Waals surface area contributed by atoms with Gasteiger partial charge in [0.05, 0.1) is 17.1 Å². The van der Waals surface area contributed by atoms with E-state index < -0.39 is 19.8 Å². The van der Waals surface area contributed by atoms with E-state index in [9.17, 15) is 4.79 Å². The van der Waals surface area contributed by atoms with Crippen LogP contribution in [0.3, 0.4) is 0 Å². The molecule has 2 rings (SSSR count). The molecule has 1 aromatic carbocycles. The lowest BCUT2D eigenvalue weighted by molar-refractivity contribution is 0.0527. The molecule has 2 aromatic rings. The number of alkyl carbamates (subject to hydrolysis) is 1. The Bertz CT molecular complexity index is 981. The largest absolute Gasteiger partial charge is 0.444 e. The van der Waals surface area contributed by atoms with Gasteiger partial charge in [-0.2, -0.15) is 12.6 Å². The molecule has 0 radical (unpaired) electrons. The fourth-order valence-corrected chi connectivity index (χ4v) is 4.62. The first-order valence-electron chi connectivity index (χ1n) is 12.0. The summed E-state index contributed by atoms with van der Waals surface area (Å²) in [6.07, 6.45) is 2.92. The summed E-state index contributed by atoms with van der Waals surface area (Å²) in [5.74, 6) is 0.810. The minimum absolute atomic E-state index is 0.249. The van der Waals surface area contributed by atoms with E-state index >= 15 is 0 Å². The Morgan fingerprint density at radius 3 is 2.51 bits per heavy atom. The minimum atomic E-state index is -1.18. The summed E-state index contributed by atoms with van der Waals surface area (Å²) < 4.78 is 14.5. The van der Waals surface area contributed by atoms with E-state index in [0.29, 0.717) is 19.7 Å². The number of amides is 1.